The molecule has 0 atom stereocenters. The Kier molecular flexibility index (Phi) is 6.32. The lowest BCUT2D eigenvalue weighted by Gasteiger charge is -2.34. The molecule has 1 aromatic heterocycles. The van der Waals surface area contributed by atoms with Crippen LogP contribution in [0.4, 0.5) is 11.4 Å². The van der Waals surface area contributed by atoms with Crippen LogP contribution in [0.3, 0.4) is 0 Å². The Bertz CT molecular complexity index is 1140. The van der Waals surface area contributed by atoms with E-state index in [2.05, 4.69) is 10.3 Å². The highest BCUT2D eigenvalue weighted by atomic mass is 35.5. The van der Waals surface area contributed by atoms with E-state index in [0.717, 1.165) is 0 Å². The average Bonchev–Trinajstić information content (AvgIpc) is 2.70. The molecule has 2 heterocycles. The first-order valence-corrected chi connectivity index (χ1v) is 10.1. The minimum atomic E-state index is -0.599. The number of hydrogen-bond donors (Lipinski definition) is 1. The fourth-order valence-corrected chi connectivity index (χ4v) is 3.64. The van der Waals surface area contributed by atoms with Crippen LogP contribution in [0.15, 0.2) is 36.3 Å². The lowest BCUT2D eigenvalue weighted by molar-refractivity contribution is -0.154. The summed E-state index contributed by atoms with van der Waals surface area (Å²) in [6.45, 7) is 7.19. The maximum Gasteiger partial charge on any atom is 0.306 e. The van der Waals surface area contributed by atoms with Gasteiger partial charge in [-0.2, -0.15) is 0 Å². The number of halogens is 1. The maximum absolute atomic E-state index is 12.2. The summed E-state index contributed by atoms with van der Waals surface area (Å²) in [4.78, 5) is 41.6. The molecule has 2 aromatic rings. The van der Waals surface area contributed by atoms with Gasteiger partial charge in [-0.15, -0.1) is 0 Å². The van der Waals surface area contributed by atoms with E-state index in [4.69, 9.17) is 16.3 Å². The minimum Gasteiger partial charge on any atom is -0.460 e. The highest BCUT2D eigenvalue weighted by Crippen LogP contribution is 2.42. The van der Waals surface area contributed by atoms with Crippen molar-refractivity contribution in [3.05, 3.63) is 58.1 Å². The number of nitrogens with one attached hydrogen (secondary N) is 1. The smallest absolute Gasteiger partial charge is 0.306 e. The number of carbonyl (C=O) groups is 1. The van der Waals surface area contributed by atoms with Crippen LogP contribution in [0.1, 0.15) is 44.0 Å². The van der Waals surface area contributed by atoms with Gasteiger partial charge in [0.1, 0.15) is 11.3 Å². The number of aryl methyl sites for hydroxylation is 2. The first-order valence-electron chi connectivity index (χ1n) is 9.68. The average molecular weight is 440 g/mol. The number of ether oxygens (including phenoxy) is 1. The summed E-state index contributed by atoms with van der Waals surface area (Å²) in [5, 5.41) is 3.19. The molecule has 0 fully saturated rings. The zero-order valence-corrected chi connectivity index (χ0v) is 18.5. The van der Waals surface area contributed by atoms with Crippen molar-refractivity contribution >= 4 is 46.5 Å². The Balaban J connectivity index is 2.12. The molecule has 160 valence electrons. The summed E-state index contributed by atoms with van der Waals surface area (Å²) in [6.07, 6.45) is 2.02. The summed E-state index contributed by atoms with van der Waals surface area (Å²) >= 11 is 6.38. The number of pyridine rings is 1. The quantitative estimate of drug-likeness (QED) is 0.570. The zero-order valence-electron chi connectivity index (χ0n) is 17.7. The summed E-state index contributed by atoms with van der Waals surface area (Å²) < 4.78 is 5.38. The molecular weight excluding hydrogens is 418 g/mol. The van der Waals surface area contributed by atoms with Gasteiger partial charge in [-0.25, -0.2) is 9.59 Å². The Labute approximate surface area is 185 Å². The van der Waals surface area contributed by atoms with Crippen molar-refractivity contribution < 1.29 is 19.1 Å². The van der Waals surface area contributed by atoms with Gasteiger partial charge in [-0.1, -0.05) is 11.6 Å². The third-order valence-electron chi connectivity index (χ3n) is 4.56. The predicted molar refractivity (Wildman–Crippen MR) is 118 cm³/mol. The number of carbonyl (C=O) groups excluding carboxylic acids is 3. The Morgan fingerprint density at radius 1 is 1.23 bits per heavy atom. The molecule has 8 heteroatoms. The van der Waals surface area contributed by atoms with Gasteiger partial charge in [0.2, 0.25) is 5.82 Å². The van der Waals surface area contributed by atoms with Crippen LogP contribution < -0.4 is 10.2 Å². The fourth-order valence-electron chi connectivity index (χ4n) is 3.41. The van der Waals surface area contributed by atoms with Crippen LogP contribution in [0, 0.1) is 6.92 Å². The topological polar surface area (TPSA) is 88.6 Å². The number of benzene rings is 1. The number of fused-ring (bicyclic) bond motifs is 1. The van der Waals surface area contributed by atoms with Gasteiger partial charge in [0, 0.05) is 23.2 Å². The maximum atomic E-state index is 12.2. The molecule has 1 aliphatic rings. The molecule has 7 nitrogen and oxygen atoms in total. The van der Waals surface area contributed by atoms with Gasteiger partial charge >= 0.3 is 5.97 Å². The van der Waals surface area contributed by atoms with Crippen molar-refractivity contribution in [2.45, 2.75) is 46.1 Å². The lowest BCUT2D eigenvalue weighted by atomic mass is 9.95. The second-order valence-corrected chi connectivity index (χ2v) is 8.48. The second-order valence-electron chi connectivity index (χ2n) is 8.04. The van der Waals surface area contributed by atoms with Gasteiger partial charge in [0.05, 0.1) is 17.1 Å². The zero-order chi connectivity index (χ0) is 22.8. The molecule has 0 aliphatic carbocycles. The molecule has 0 saturated carbocycles. The van der Waals surface area contributed by atoms with E-state index in [1.807, 2.05) is 11.9 Å². The van der Waals surface area contributed by atoms with Crippen molar-refractivity contribution in [1.82, 2.24) is 10.3 Å². The van der Waals surface area contributed by atoms with Gasteiger partial charge in [-0.3, -0.25) is 14.7 Å². The van der Waals surface area contributed by atoms with Gasteiger partial charge in [-0.05, 0) is 63.9 Å². The fraction of sp³-hybridized carbons (Fsp3) is 0.304. The molecule has 0 bridgehead atoms. The van der Waals surface area contributed by atoms with Crippen LogP contribution >= 0.6 is 11.6 Å². The Morgan fingerprint density at radius 3 is 2.58 bits per heavy atom. The largest absolute Gasteiger partial charge is 0.460 e. The third kappa shape index (κ3) is 4.86. The SMILES string of the molecule is Cc1ncccc1N1C(=C=O)NC(=C=O)c2c(CCC(=O)OC(C)(C)C)cc(Cl)cc21. The van der Waals surface area contributed by atoms with Crippen LogP contribution in [0.5, 0.6) is 0 Å². The van der Waals surface area contributed by atoms with Crippen molar-refractivity contribution in [3.8, 4) is 0 Å². The van der Waals surface area contributed by atoms with Crippen molar-refractivity contribution in [2.24, 2.45) is 0 Å². The van der Waals surface area contributed by atoms with Crippen LogP contribution in [-0.4, -0.2) is 28.4 Å². The highest BCUT2D eigenvalue weighted by Gasteiger charge is 2.31. The second kappa shape index (κ2) is 8.78. The summed E-state index contributed by atoms with van der Waals surface area (Å²) in [5.41, 5.74) is 2.41. The number of hydrogen-bond acceptors (Lipinski definition) is 7. The Hall–Kier alpha value is -3.37. The summed E-state index contributed by atoms with van der Waals surface area (Å²) in [6, 6.07) is 6.87. The molecule has 1 aliphatic heterocycles. The summed E-state index contributed by atoms with van der Waals surface area (Å²) in [5.74, 6) is 3.34. The van der Waals surface area contributed by atoms with E-state index < -0.39 is 5.60 Å². The van der Waals surface area contributed by atoms with Gasteiger partial charge < -0.3 is 10.1 Å². The van der Waals surface area contributed by atoms with E-state index in [9.17, 15) is 14.4 Å². The van der Waals surface area contributed by atoms with Crippen LogP contribution in [0.2, 0.25) is 5.02 Å². The molecule has 31 heavy (non-hydrogen) atoms. The van der Waals surface area contributed by atoms with E-state index in [-0.39, 0.29) is 30.3 Å². The van der Waals surface area contributed by atoms with E-state index >= 15 is 0 Å². The molecule has 0 unspecified atom stereocenters. The van der Waals surface area contributed by atoms with Crippen molar-refractivity contribution in [2.75, 3.05) is 4.90 Å². The normalized spacial score (nSPS) is 13.1. The number of aromatic nitrogens is 1. The number of nitrogens with zero attached hydrogens (tertiary/aromatic N) is 2. The molecule has 3 rings (SSSR count). The number of esters is 1. The first-order chi connectivity index (χ1) is 14.6. The van der Waals surface area contributed by atoms with Crippen molar-refractivity contribution in [3.63, 3.8) is 0 Å². The molecule has 0 amide bonds. The van der Waals surface area contributed by atoms with E-state index in [1.165, 1.54) is 0 Å². The van der Waals surface area contributed by atoms with Crippen LogP contribution in [-0.2, 0) is 25.5 Å². The monoisotopic (exact) mass is 439 g/mol. The first kappa shape index (κ1) is 22.3. The lowest BCUT2D eigenvalue weighted by Crippen LogP contribution is -2.35. The predicted octanol–water partition coefficient (Wildman–Crippen LogP) is 3.90. The highest BCUT2D eigenvalue weighted by molar-refractivity contribution is 6.31. The molecule has 1 N–H and O–H groups in total. The third-order valence-corrected chi connectivity index (χ3v) is 4.78. The van der Waals surface area contributed by atoms with Gasteiger partial charge in [0.25, 0.3) is 0 Å². The minimum absolute atomic E-state index is 0.0160. The number of anilines is 2. The summed E-state index contributed by atoms with van der Waals surface area (Å²) in [7, 11) is 0. The standard InChI is InChI=1S/C23H22ClN3O4/c1-14-18(6-5-9-25-14)27-19-11-16(24)10-15(7-8-21(30)31-23(2,3)4)22(19)17(12-28)26-20(27)13-29/h5-6,9-11,26H,7-8H2,1-4H3. The van der Waals surface area contributed by atoms with E-state index in [1.54, 1.807) is 63.1 Å². The molecule has 0 spiro atoms. The molecule has 0 radical (unpaired) electrons. The Morgan fingerprint density at radius 2 is 1.97 bits per heavy atom. The van der Waals surface area contributed by atoms with Gasteiger partial charge in [0.15, 0.2) is 11.9 Å². The molecular formula is C23H22ClN3O4. The van der Waals surface area contributed by atoms with Crippen molar-refractivity contribution in [1.29, 1.82) is 0 Å². The van der Waals surface area contributed by atoms with E-state index in [0.29, 0.717) is 33.2 Å². The van der Waals surface area contributed by atoms with Crippen LogP contribution in [0.25, 0.3) is 5.70 Å². The number of rotatable bonds is 4. The molecule has 0 saturated heterocycles. The molecule has 1 aromatic carbocycles.